The highest BCUT2D eigenvalue weighted by Gasteiger charge is 2.41. The number of rotatable bonds is 2. The van der Waals surface area contributed by atoms with E-state index in [-0.39, 0.29) is 18.1 Å². The Hall–Kier alpha value is -2.83. The molecule has 1 aromatic heterocycles. The molecule has 2 aliphatic rings. The lowest BCUT2D eigenvalue weighted by atomic mass is 9.93. The number of piperidine rings is 1. The second-order valence-corrected chi connectivity index (χ2v) is 8.87. The predicted molar refractivity (Wildman–Crippen MR) is 108 cm³/mol. The molecule has 1 aliphatic heterocycles. The van der Waals surface area contributed by atoms with Gasteiger partial charge in [0.05, 0.1) is 18.0 Å². The summed E-state index contributed by atoms with van der Waals surface area (Å²) in [7, 11) is 1.52. The van der Waals surface area contributed by atoms with Crippen LogP contribution < -0.4 is 4.74 Å². The van der Waals surface area contributed by atoms with E-state index in [1.165, 1.54) is 7.11 Å². The summed E-state index contributed by atoms with van der Waals surface area (Å²) in [6.45, 7) is 8.64. The lowest BCUT2D eigenvalue weighted by Gasteiger charge is -2.38. The monoisotopic (exact) mass is 398 g/mol. The molecule has 2 aromatic rings. The second-order valence-electron chi connectivity index (χ2n) is 8.87. The van der Waals surface area contributed by atoms with Gasteiger partial charge < -0.3 is 18.9 Å². The molecule has 2 heterocycles. The van der Waals surface area contributed by atoms with Crippen LogP contribution in [-0.2, 0) is 4.74 Å². The number of likely N-dealkylation sites (tertiary alicyclic amines) is 1. The summed E-state index contributed by atoms with van der Waals surface area (Å²) in [6, 6.07) is 5.37. The average Bonchev–Trinajstić information content (AvgIpc) is 2.97. The molecule has 0 N–H and O–H groups in total. The number of amides is 1. The molecule has 1 saturated heterocycles. The molecule has 0 saturated carbocycles. The highest BCUT2D eigenvalue weighted by Crippen LogP contribution is 2.44. The molecule has 1 aliphatic carbocycles. The van der Waals surface area contributed by atoms with Crippen molar-refractivity contribution >= 4 is 28.6 Å². The molecule has 4 rings (SSSR count). The standard InChI is InChI=1S/C22H26N2O5/c1-12-11-23(21(27)29-22(2,3)4)10-9-14(12)24-15-8-6-7-13-16(15)20(28-5)17(24)19(26)18(13)25/h6-8,12,14H,9-11H2,1-5H3. The number of fused-ring (bicyclic) bond motifs is 1. The number of aromatic nitrogens is 1. The predicted octanol–water partition coefficient (Wildman–Crippen LogP) is 3.85. The van der Waals surface area contributed by atoms with Crippen molar-refractivity contribution in [1.29, 1.82) is 0 Å². The van der Waals surface area contributed by atoms with E-state index in [0.717, 1.165) is 5.52 Å². The minimum atomic E-state index is -0.545. The van der Waals surface area contributed by atoms with Gasteiger partial charge in [-0.05, 0) is 39.2 Å². The van der Waals surface area contributed by atoms with E-state index in [9.17, 15) is 14.4 Å². The van der Waals surface area contributed by atoms with E-state index in [1.54, 1.807) is 17.0 Å². The molecule has 2 atom stereocenters. The van der Waals surface area contributed by atoms with Crippen LogP contribution in [0.2, 0.25) is 0 Å². The average molecular weight is 398 g/mol. The van der Waals surface area contributed by atoms with Gasteiger partial charge in [0.1, 0.15) is 11.3 Å². The van der Waals surface area contributed by atoms with Gasteiger partial charge in [0.25, 0.3) is 5.78 Å². The number of ether oxygens (including phenoxy) is 2. The van der Waals surface area contributed by atoms with Gasteiger partial charge in [0.15, 0.2) is 5.75 Å². The number of nitrogens with zero attached hydrogens (tertiary/aromatic N) is 2. The maximum Gasteiger partial charge on any atom is 0.410 e. The molecule has 2 unspecified atom stereocenters. The SMILES string of the molecule is COc1c2n(C3CCN(C(=O)OC(C)(C)C)CC3C)c3cccc(c13)C(=O)C2=O. The number of methoxy groups -OCH3 is 1. The zero-order valence-corrected chi connectivity index (χ0v) is 17.4. The maximum atomic E-state index is 12.9. The third-order valence-electron chi connectivity index (χ3n) is 5.70. The van der Waals surface area contributed by atoms with Crippen molar-refractivity contribution < 1.29 is 23.9 Å². The van der Waals surface area contributed by atoms with E-state index in [0.29, 0.717) is 41.9 Å². The first-order valence-corrected chi connectivity index (χ1v) is 9.92. The topological polar surface area (TPSA) is 77.8 Å². The summed E-state index contributed by atoms with van der Waals surface area (Å²) in [5.41, 5.74) is 1.01. The number of hydrogen-bond donors (Lipinski definition) is 0. The van der Waals surface area contributed by atoms with E-state index in [1.807, 2.05) is 31.4 Å². The highest BCUT2D eigenvalue weighted by atomic mass is 16.6. The van der Waals surface area contributed by atoms with Crippen molar-refractivity contribution in [1.82, 2.24) is 9.47 Å². The number of Topliss-reactive ketones (excluding diaryl/α,β-unsaturated/α-hetero) is 2. The molecule has 7 nitrogen and oxygen atoms in total. The number of ketones is 2. The fourth-order valence-corrected chi connectivity index (χ4v) is 4.51. The smallest absolute Gasteiger partial charge is 0.410 e. The highest BCUT2D eigenvalue weighted by molar-refractivity contribution is 6.54. The molecule has 29 heavy (non-hydrogen) atoms. The zero-order valence-electron chi connectivity index (χ0n) is 17.4. The van der Waals surface area contributed by atoms with Crippen LogP contribution in [0.3, 0.4) is 0 Å². The number of benzene rings is 1. The van der Waals surface area contributed by atoms with E-state index < -0.39 is 17.2 Å². The van der Waals surface area contributed by atoms with Crippen molar-refractivity contribution in [2.75, 3.05) is 20.2 Å². The Bertz CT molecular complexity index is 1030. The summed E-state index contributed by atoms with van der Waals surface area (Å²) in [5.74, 6) is -0.474. The first-order valence-electron chi connectivity index (χ1n) is 9.92. The Morgan fingerprint density at radius 1 is 1.17 bits per heavy atom. The van der Waals surface area contributed by atoms with Crippen molar-refractivity contribution in [3.63, 3.8) is 0 Å². The van der Waals surface area contributed by atoms with Gasteiger partial charge in [-0.15, -0.1) is 0 Å². The zero-order chi connectivity index (χ0) is 21.1. The molecular weight excluding hydrogens is 372 g/mol. The molecule has 1 fully saturated rings. The molecule has 1 aromatic carbocycles. The van der Waals surface area contributed by atoms with Gasteiger partial charge in [-0.2, -0.15) is 0 Å². The first-order chi connectivity index (χ1) is 13.6. The van der Waals surface area contributed by atoms with Gasteiger partial charge in [0, 0.05) is 24.7 Å². The first kappa shape index (κ1) is 19.5. The van der Waals surface area contributed by atoms with Crippen LogP contribution in [0.4, 0.5) is 4.79 Å². The van der Waals surface area contributed by atoms with Crippen LogP contribution in [0, 0.1) is 5.92 Å². The maximum absolute atomic E-state index is 12.9. The third kappa shape index (κ3) is 2.99. The fraction of sp³-hybridized carbons (Fsp3) is 0.500. The molecule has 0 spiro atoms. The van der Waals surface area contributed by atoms with E-state index in [2.05, 4.69) is 6.92 Å². The third-order valence-corrected chi connectivity index (χ3v) is 5.70. The Morgan fingerprint density at radius 2 is 1.90 bits per heavy atom. The van der Waals surface area contributed by atoms with Crippen LogP contribution >= 0.6 is 0 Å². The van der Waals surface area contributed by atoms with Gasteiger partial charge in [-0.25, -0.2) is 4.79 Å². The van der Waals surface area contributed by atoms with Crippen LogP contribution in [0.5, 0.6) is 5.75 Å². The lowest BCUT2D eigenvalue weighted by Crippen LogP contribution is -2.45. The Balaban J connectivity index is 1.71. The van der Waals surface area contributed by atoms with E-state index >= 15 is 0 Å². The number of carbonyl (C=O) groups is 3. The fourth-order valence-electron chi connectivity index (χ4n) is 4.51. The Labute approximate surface area is 169 Å². The van der Waals surface area contributed by atoms with Gasteiger partial charge in [0.2, 0.25) is 5.78 Å². The van der Waals surface area contributed by atoms with Crippen molar-refractivity contribution in [3.05, 3.63) is 29.5 Å². The summed E-state index contributed by atoms with van der Waals surface area (Å²) >= 11 is 0. The molecule has 1 amide bonds. The summed E-state index contributed by atoms with van der Waals surface area (Å²) in [4.78, 5) is 39.6. The van der Waals surface area contributed by atoms with Crippen LogP contribution in [0.1, 0.15) is 61.0 Å². The second kappa shape index (κ2) is 6.61. The van der Waals surface area contributed by atoms with Crippen LogP contribution in [0.15, 0.2) is 18.2 Å². The van der Waals surface area contributed by atoms with Crippen LogP contribution in [0.25, 0.3) is 10.9 Å². The normalized spacial score (nSPS) is 21.8. The van der Waals surface area contributed by atoms with Crippen LogP contribution in [-0.4, -0.2) is 52.9 Å². The van der Waals surface area contributed by atoms with E-state index in [4.69, 9.17) is 9.47 Å². The summed E-state index contributed by atoms with van der Waals surface area (Å²) in [5, 5.41) is 0.705. The minimum absolute atomic E-state index is 0.0276. The lowest BCUT2D eigenvalue weighted by molar-refractivity contribution is 0.0126. The van der Waals surface area contributed by atoms with Crippen molar-refractivity contribution in [2.45, 2.75) is 45.8 Å². The van der Waals surface area contributed by atoms with Gasteiger partial charge in [-0.3, -0.25) is 9.59 Å². The molecule has 0 radical (unpaired) electrons. The molecule has 154 valence electrons. The molecule has 2 bridgehead atoms. The van der Waals surface area contributed by atoms with Crippen molar-refractivity contribution in [3.8, 4) is 5.75 Å². The number of carbonyl (C=O) groups excluding carboxylic acids is 3. The van der Waals surface area contributed by atoms with Gasteiger partial charge >= 0.3 is 6.09 Å². The summed E-state index contributed by atoms with van der Waals surface area (Å²) < 4.78 is 13.0. The quantitative estimate of drug-likeness (QED) is 0.718. The molecular formula is C22H26N2O5. The molecule has 7 heteroatoms. The Morgan fingerprint density at radius 3 is 2.52 bits per heavy atom. The Kier molecular flexibility index (Phi) is 4.44. The summed E-state index contributed by atoms with van der Waals surface area (Å²) in [6.07, 6.45) is 0.335. The number of hydrogen-bond acceptors (Lipinski definition) is 5. The minimum Gasteiger partial charge on any atom is -0.494 e. The largest absolute Gasteiger partial charge is 0.494 e. The van der Waals surface area contributed by atoms with Gasteiger partial charge in [-0.1, -0.05) is 19.1 Å². The van der Waals surface area contributed by atoms with Crippen molar-refractivity contribution in [2.24, 2.45) is 5.92 Å².